The largest absolute Gasteiger partial charge is 0.340 e. The zero-order valence-corrected chi connectivity index (χ0v) is 15.6. The second kappa shape index (κ2) is 6.72. The molecule has 0 N–H and O–H groups in total. The number of rotatable bonds is 4. The van der Waals surface area contributed by atoms with Crippen molar-refractivity contribution in [3.05, 3.63) is 48.5 Å². The van der Waals surface area contributed by atoms with Gasteiger partial charge in [0.15, 0.2) is 0 Å². The highest BCUT2D eigenvalue weighted by Gasteiger charge is 2.48. The molecule has 3 heterocycles. The minimum atomic E-state index is -3.80. The molecule has 0 radical (unpaired) electrons. The predicted octanol–water partition coefficient (Wildman–Crippen LogP) is 1.43. The van der Waals surface area contributed by atoms with Gasteiger partial charge >= 0.3 is 0 Å². The lowest BCUT2D eigenvalue weighted by molar-refractivity contribution is -0.147. The van der Waals surface area contributed by atoms with Crippen molar-refractivity contribution in [1.82, 2.24) is 19.0 Å². The van der Waals surface area contributed by atoms with E-state index in [-0.39, 0.29) is 23.9 Å². The maximum atomic E-state index is 13.5. The molecule has 2 saturated heterocycles. The first-order valence-electron chi connectivity index (χ1n) is 8.99. The molecular formula is C18H21FN4O3S. The summed E-state index contributed by atoms with van der Waals surface area (Å²) in [6.45, 7) is 1.82. The van der Waals surface area contributed by atoms with Crippen LogP contribution in [0.3, 0.4) is 0 Å². The second-order valence-corrected chi connectivity index (χ2v) is 8.93. The summed E-state index contributed by atoms with van der Waals surface area (Å²) in [4.78, 5) is 14.9. The summed E-state index contributed by atoms with van der Waals surface area (Å²) in [7, 11) is -3.80. The fourth-order valence-corrected chi connectivity index (χ4v) is 5.22. The molecule has 4 rings (SSSR count). The summed E-state index contributed by atoms with van der Waals surface area (Å²) in [5.41, 5.74) is -0.863. The number of halogens is 1. The minimum Gasteiger partial charge on any atom is -0.340 e. The number of sulfonamides is 1. The molecule has 2 aliphatic rings. The molecule has 0 unspecified atom stereocenters. The number of aromatic nitrogens is 2. The summed E-state index contributed by atoms with van der Waals surface area (Å²) < 4.78 is 42.2. The van der Waals surface area contributed by atoms with Gasteiger partial charge in [-0.2, -0.15) is 9.40 Å². The number of hydrogen-bond donors (Lipinski definition) is 0. The molecular weight excluding hydrogens is 371 g/mol. The minimum absolute atomic E-state index is 0.000235. The summed E-state index contributed by atoms with van der Waals surface area (Å²) in [6, 6.07) is 6.77. The van der Waals surface area contributed by atoms with E-state index in [0.29, 0.717) is 12.8 Å². The van der Waals surface area contributed by atoms with Gasteiger partial charge in [0, 0.05) is 38.6 Å². The van der Waals surface area contributed by atoms with Gasteiger partial charge in [-0.15, -0.1) is 0 Å². The van der Waals surface area contributed by atoms with Gasteiger partial charge in [0.2, 0.25) is 10.0 Å². The Hall–Kier alpha value is -2.26. The van der Waals surface area contributed by atoms with Crippen molar-refractivity contribution in [2.24, 2.45) is 0 Å². The Morgan fingerprint density at radius 3 is 2.41 bits per heavy atom. The average Bonchev–Trinajstić information content (AvgIpc) is 3.15. The van der Waals surface area contributed by atoms with Crippen molar-refractivity contribution in [1.29, 1.82) is 0 Å². The molecule has 2 aliphatic heterocycles. The molecule has 144 valence electrons. The zero-order chi connectivity index (χ0) is 19.1. The molecule has 1 amide bonds. The van der Waals surface area contributed by atoms with Crippen molar-refractivity contribution in [2.45, 2.75) is 29.7 Å². The van der Waals surface area contributed by atoms with E-state index in [1.54, 1.807) is 28.0 Å². The highest BCUT2D eigenvalue weighted by molar-refractivity contribution is 7.89. The second-order valence-electron chi connectivity index (χ2n) is 6.99. The lowest BCUT2D eigenvalue weighted by Crippen LogP contribution is -2.59. The first-order valence-corrected chi connectivity index (χ1v) is 10.4. The third-order valence-electron chi connectivity index (χ3n) is 5.47. The fraction of sp³-hybridized carbons (Fsp3) is 0.444. The molecule has 2 fully saturated rings. The molecule has 1 aromatic carbocycles. The normalized spacial score (nSPS) is 20.3. The van der Waals surface area contributed by atoms with E-state index < -0.39 is 21.4 Å². The van der Waals surface area contributed by atoms with Crippen molar-refractivity contribution in [3.8, 4) is 0 Å². The Bertz CT molecular complexity index is 933. The van der Waals surface area contributed by atoms with E-state index in [1.165, 1.54) is 22.5 Å². The Morgan fingerprint density at radius 1 is 1.11 bits per heavy atom. The number of hydrogen-bond acceptors (Lipinski definition) is 4. The smallest absolute Gasteiger partial charge is 0.250 e. The molecule has 0 aliphatic carbocycles. The van der Waals surface area contributed by atoms with Crippen LogP contribution in [-0.2, 0) is 20.4 Å². The molecule has 2 aromatic rings. The first kappa shape index (κ1) is 18.1. The van der Waals surface area contributed by atoms with Crippen LogP contribution in [0.4, 0.5) is 4.39 Å². The van der Waals surface area contributed by atoms with E-state index in [9.17, 15) is 17.6 Å². The van der Waals surface area contributed by atoms with Crippen LogP contribution >= 0.6 is 0 Å². The van der Waals surface area contributed by atoms with Crippen molar-refractivity contribution in [3.63, 3.8) is 0 Å². The van der Waals surface area contributed by atoms with Gasteiger partial charge in [-0.1, -0.05) is 6.07 Å². The summed E-state index contributed by atoms with van der Waals surface area (Å²) in [5.74, 6) is -0.591. The van der Waals surface area contributed by atoms with E-state index in [2.05, 4.69) is 5.10 Å². The maximum Gasteiger partial charge on any atom is 0.250 e. The van der Waals surface area contributed by atoms with Gasteiger partial charge < -0.3 is 4.90 Å². The van der Waals surface area contributed by atoms with Crippen LogP contribution in [0.5, 0.6) is 0 Å². The third-order valence-corrected chi connectivity index (χ3v) is 7.36. The Labute approximate surface area is 157 Å². The van der Waals surface area contributed by atoms with Crippen LogP contribution < -0.4 is 0 Å². The molecule has 1 aromatic heterocycles. The molecule has 27 heavy (non-hydrogen) atoms. The lowest BCUT2D eigenvalue weighted by atomic mass is 9.86. The standard InChI is InChI=1S/C18H21FN4O3S/c19-15-4-1-5-16(14-15)27(25,26)22-12-6-18(7-13-22,23-11-2-8-20-23)17(24)21-9-3-10-21/h1-2,4-5,8,11,14H,3,6-7,9-10,12-13H2. The van der Waals surface area contributed by atoms with Crippen molar-refractivity contribution in [2.75, 3.05) is 26.2 Å². The van der Waals surface area contributed by atoms with Crippen LogP contribution in [0.25, 0.3) is 0 Å². The molecule has 7 nitrogen and oxygen atoms in total. The Kier molecular flexibility index (Phi) is 4.51. The van der Waals surface area contributed by atoms with Crippen LogP contribution in [0.15, 0.2) is 47.6 Å². The molecule has 0 bridgehead atoms. The summed E-state index contributed by atoms with van der Waals surface area (Å²) in [6.07, 6.45) is 5.04. The van der Waals surface area contributed by atoms with Crippen molar-refractivity contribution >= 4 is 15.9 Å². The Balaban J connectivity index is 1.59. The Morgan fingerprint density at radius 2 is 1.85 bits per heavy atom. The SMILES string of the molecule is O=C(N1CCC1)C1(n2cccn2)CCN(S(=O)(=O)c2cccc(F)c2)CC1. The lowest BCUT2D eigenvalue weighted by Gasteiger charge is -2.45. The topological polar surface area (TPSA) is 75.5 Å². The van der Waals surface area contributed by atoms with E-state index >= 15 is 0 Å². The number of likely N-dealkylation sites (tertiary alicyclic amines) is 1. The number of nitrogens with zero attached hydrogens (tertiary/aromatic N) is 4. The van der Waals surface area contributed by atoms with E-state index in [0.717, 1.165) is 25.6 Å². The predicted molar refractivity (Wildman–Crippen MR) is 95.8 cm³/mol. The van der Waals surface area contributed by atoms with E-state index in [1.807, 2.05) is 0 Å². The van der Waals surface area contributed by atoms with Crippen LogP contribution in [0.1, 0.15) is 19.3 Å². The molecule has 0 spiro atoms. The fourth-order valence-electron chi connectivity index (χ4n) is 3.75. The van der Waals surface area contributed by atoms with Gasteiger partial charge in [0.1, 0.15) is 11.4 Å². The van der Waals surface area contributed by atoms with Gasteiger partial charge in [-0.3, -0.25) is 9.48 Å². The van der Waals surface area contributed by atoms with Gasteiger partial charge in [-0.25, -0.2) is 12.8 Å². The van der Waals surface area contributed by atoms with Crippen LogP contribution in [-0.4, -0.2) is 59.5 Å². The number of carbonyl (C=O) groups excluding carboxylic acids is 1. The monoisotopic (exact) mass is 392 g/mol. The summed E-state index contributed by atoms with van der Waals surface area (Å²) >= 11 is 0. The number of benzene rings is 1. The van der Waals surface area contributed by atoms with Gasteiger partial charge in [0.05, 0.1) is 4.90 Å². The van der Waals surface area contributed by atoms with Crippen LogP contribution in [0.2, 0.25) is 0 Å². The number of carbonyl (C=O) groups is 1. The quantitative estimate of drug-likeness (QED) is 0.789. The molecule has 0 atom stereocenters. The van der Waals surface area contributed by atoms with Crippen LogP contribution in [0, 0.1) is 5.82 Å². The van der Waals surface area contributed by atoms with E-state index in [4.69, 9.17) is 0 Å². The zero-order valence-electron chi connectivity index (χ0n) is 14.8. The average molecular weight is 392 g/mol. The molecule has 0 saturated carbocycles. The first-order chi connectivity index (χ1) is 12.9. The maximum absolute atomic E-state index is 13.5. The number of piperidine rings is 1. The highest BCUT2D eigenvalue weighted by Crippen LogP contribution is 2.35. The summed E-state index contributed by atoms with van der Waals surface area (Å²) in [5, 5.41) is 4.28. The van der Waals surface area contributed by atoms with Gasteiger partial charge in [0.25, 0.3) is 5.91 Å². The molecule has 9 heteroatoms. The highest BCUT2D eigenvalue weighted by atomic mass is 32.2. The third kappa shape index (κ3) is 3.04. The van der Waals surface area contributed by atoms with Crippen molar-refractivity contribution < 1.29 is 17.6 Å². The van der Waals surface area contributed by atoms with Gasteiger partial charge in [-0.05, 0) is 43.5 Å². The number of amides is 1.